The number of carbonyl (C=O) groups excluding carboxylic acids is 2. The number of benzene rings is 1. The van der Waals surface area contributed by atoms with E-state index < -0.39 is 5.97 Å². The minimum atomic E-state index is -0.412. The highest BCUT2D eigenvalue weighted by Gasteiger charge is 2.21. The van der Waals surface area contributed by atoms with Crippen molar-refractivity contribution >= 4 is 28.2 Å². The van der Waals surface area contributed by atoms with E-state index in [-0.39, 0.29) is 5.91 Å². The van der Waals surface area contributed by atoms with Crippen molar-refractivity contribution in [3.8, 4) is 10.4 Å². The summed E-state index contributed by atoms with van der Waals surface area (Å²) in [6.45, 7) is 6.18. The molecule has 2 aromatic rings. The third-order valence-corrected chi connectivity index (χ3v) is 5.54. The van der Waals surface area contributed by atoms with Crippen LogP contribution in [0.5, 0.6) is 0 Å². The third-order valence-electron chi connectivity index (χ3n) is 4.44. The zero-order valence-corrected chi connectivity index (χ0v) is 16.3. The molecule has 0 spiro atoms. The van der Waals surface area contributed by atoms with Crippen LogP contribution in [0.25, 0.3) is 10.4 Å². The van der Waals surface area contributed by atoms with Crippen molar-refractivity contribution < 1.29 is 24.0 Å². The lowest BCUT2D eigenvalue weighted by molar-refractivity contribution is -0.907. The van der Waals surface area contributed by atoms with E-state index in [1.165, 1.54) is 16.2 Å². The first-order valence-corrected chi connectivity index (χ1v) is 10.1. The molecule has 2 N–H and O–H groups in total. The van der Waals surface area contributed by atoms with E-state index in [1.54, 1.807) is 13.0 Å². The van der Waals surface area contributed by atoms with Gasteiger partial charge in [0.1, 0.15) is 18.1 Å². The molecule has 0 atom stereocenters. The van der Waals surface area contributed by atoms with E-state index >= 15 is 0 Å². The first kappa shape index (κ1) is 19.5. The number of hydrogen-bond acceptors (Lipinski definition) is 5. The molecule has 27 heavy (non-hydrogen) atoms. The predicted molar refractivity (Wildman–Crippen MR) is 105 cm³/mol. The lowest BCUT2D eigenvalue weighted by atomic mass is 10.1. The maximum Gasteiger partial charge on any atom is 0.341 e. The lowest BCUT2D eigenvalue weighted by Gasteiger charge is -2.23. The molecule has 1 aromatic heterocycles. The smallest absolute Gasteiger partial charge is 0.341 e. The molecule has 0 unspecified atom stereocenters. The van der Waals surface area contributed by atoms with Crippen LogP contribution in [0, 0.1) is 0 Å². The molecule has 1 amide bonds. The van der Waals surface area contributed by atoms with Crippen LogP contribution in [0.3, 0.4) is 0 Å². The van der Waals surface area contributed by atoms with Crippen LogP contribution in [-0.2, 0) is 14.3 Å². The number of nitrogens with one attached hydrogen (secondary N) is 2. The standard InChI is InChI=1S/C20H24N2O4S/c1-2-26-20(24)16-14-17(15-6-4-3-5-7-15)27-19(16)21-18(23)8-9-22-10-12-25-13-11-22/h3-7,14H,2,8-13H2,1H3,(H,21,23)/p+1. The lowest BCUT2D eigenvalue weighted by Crippen LogP contribution is -3.14. The molecule has 1 aliphatic rings. The molecule has 7 heteroatoms. The molecule has 1 aromatic carbocycles. The second kappa shape index (κ2) is 9.64. The van der Waals surface area contributed by atoms with E-state index in [4.69, 9.17) is 9.47 Å². The number of amides is 1. The Labute approximate surface area is 163 Å². The van der Waals surface area contributed by atoms with Gasteiger partial charge < -0.3 is 19.7 Å². The molecule has 1 aliphatic heterocycles. The van der Waals surface area contributed by atoms with Crippen LogP contribution in [0.15, 0.2) is 36.4 Å². The second-order valence-corrected chi connectivity index (χ2v) is 7.40. The van der Waals surface area contributed by atoms with Gasteiger partial charge in [0.2, 0.25) is 5.91 Å². The molecule has 6 nitrogen and oxygen atoms in total. The van der Waals surface area contributed by atoms with Crippen LogP contribution in [0.1, 0.15) is 23.7 Å². The number of morpholine rings is 1. The molecular formula is C20H25N2O4S+. The van der Waals surface area contributed by atoms with E-state index in [2.05, 4.69) is 5.32 Å². The van der Waals surface area contributed by atoms with Gasteiger partial charge in [-0.2, -0.15) is 0 Å². The number of thiophene rings is 1. The predicted octanol–water partition coefficient (Wildman–Crippen LogP) is 1.84. The molecule has 0 radical (unpaired) electrons. The number of anilines is 1. The number of rotatable bonds is 7. The van der Waals surface area contributed by atoms with Crippen LogP contribution < -0.4 is 10.2 Å². The Morgan fingerprint density at radius 1 is 1.22 bits per heavy atom. The topological polar surface area (TPSA) is 69.1 Å². The van der Waals surface area contributed by atoms with Crippen molar-refractivity contribution in [2.24, 2.45) is 0 Å². The average molecular weight is 389 g/mol. The Hall–Kier alpha value is -2.22. The summed E-state index contributed by atoms with van der Waals surface area (Å²) < 4.78 is 10.5. The highest BCUT2D eigenvalue weighted by molar-refractivity contribution is 7.20. The third kappa shape index (κ3) is 5.38. The Morgan fingerprint density at radius 3 is 2.67 bits per heavy atom. The molecule has 144 valence electrons. The Kier molecular flexibility index (Phi) is 6.98. The van der Waals surface area contributed by atoms with Crippen LogP contribution in [0.4, 0.5) is 5.00 Å². The quantitative estimate of drug-likeness (QED) is 0.709. The second-order valence-electron chi connectivity index (χ2n) is 6.35. The monoisotopic (exact) mass is 389 g/mol. The summed E-state index contributed by atoms with van der Waals surface area (Å²) >= 11 is 1.40. The Balaban J connectivity index is 1.71. The van der Waals surface area contributed by atoms with Gasteiger partial charge in [-0.3, -0.25) is 4.79 Å². The summed E-state index contributed by atoms with van der Waals surface area (Å²) in [5, 5.41) is 3.46. The fraction of sp³-hybridized carbons (Fsp3) is 0.400. The minimum Gasteiger partial charge on any atom is -0.462 e. The SMILES string of the molecule is CCOC(=O)c1cc(-c2ccccc2)sc1NC(=O)CC[NH+]1CCOCC1. The van der Waals surface area contributed by atoms with E-state index in [9.17, 15) is 9.59 Å². The van der Waals surface area contributed by atoms with Gasteiger partial charge in [0.05, 0.1) is 38.3 Å². The number of esters is 1. The van der Waals surface area contributed by atoms with Crippen LogP contribution >= 0.6 is 11.3 Å². The number of quaternary nitrogens is 1. The molecule has 0 aliphatic carbocycles. The Bertz CT molecular complexity index is 770. The van der Waals surface area contributed by atoms with Crippen LogP contribution in [0.2, 0.25) is 0 Å². The van der Waals surface area contributed by atoms with Crippen molar-refractivity contribution in [2.45, 2.75) is 13.3 Å². The molecule has 1 saturated heterocycles. The van der Waals surface area contributed by atoms with Gasteiger partial charge in [-0.25, -0.2) is 4.79 Å². The van der Waals surface area contributed by atoms with Crippen molar-refractivity contribution in [1.82, 2.24) is 0 Å². The summed E-state index contributed by atoms with van der Waals surface area (Å²) in [5.41, 5.74) is 1.42. The van der Waals surface area contributed by atoms with Gasteiger partial charge in [0.25, 0.3) is 0 Å². The molecular weight excluding hydrogens is 364 g/mol. The maximum absolute atomic E-state index is 12.4. The molecule has 1 fully saturated rings. The summed E-state index contributed by atoms with van der Waals surface area (Å²) in [5.74, 6) is -0.494. The van der Waals surface area contributed by atoms with Gasteiger partial charge in [-0.05, 0) is 18.6 Å². The molecule has 0 bridgehead atoms. The Morgan fingerprint density at radius 2 is 1.96 bits per heavy atom. The summed E-state index contributed by atoms with van der Waals surface area (Å²) in [4.78, 5) is 27.0. The largest absolute Gasteiger partial charge is 0.462 e. The minimum absolute atomic E-state index is 0.0824. The van der Waals surface area contributed by atoms with Gasteiger partial charge in [0, 0.05) is 4.88 Å². The van der Waals surface area contributed by atoms with E-state index in [1.807, 2.05) is 30.3 Å². The van der Waals surface area contributed by atoms with Crippen LogP contribution in [-0.4, -0.2) is 51.3 Å². The number of hydrogen-bond donors (Lipinski definition) is 2. The van der Waals surface area contributed by atoms with E-state index in [0.717, 1.165) is 43.3 Å². The van der Waals surface area contributed by atoms with Crippen molar-refractivity contribution in [3.63, 3.8) is 0 Å². The average Bonchev–Trinajstić information content (AvgIpc) is 3.12. The van der Waals surface area contributed by atoms with Crippen molar-refractivity contribution in [3.05, 3.63) is 42.0 Å². The zero-order valence-electron chi connectivity index (χ0n) is 15.5. The first-order valence-electron chi connectivity index (χ1n) is 9.25. The highest BCUT2D eigenvalue weighted by atomic mass is 32.1. The highest BCUT2D eigenvalue weighted by Crippen LogP contribution is 2.35. The number of carbonyl (C=O) groups is 2. The van der Waals surface area contributed by atoms with Gasteiger partial charge in [-0.1, -0.05) is 30.3 Å². The summed E-state index contributed by atoms with van der Waals surface area (Å²) in [6, 6.07) is 11.6. The van der Waals surface area contributed by atoms with E-state index in [0.29, 0.717) is 23.6 Å². The van der Waals surface area contributed by atoms with Gasteiger partial charge in [0.15, 0.2) is 0 Å². The molecule has 0 saturated carbocycles. The maximum atomic E-state index is 12.4. The summed E-state index contributed by atoms with van der Waals surface area (Å²) in [7, 11) is 0. The fourth-order valence-electron chi connectivity index (χ4n) is 2.98. The first-order chi connectivity index (χ1) is 13.2. The van der Waals surface area contributed by atoms with Crippen molar-refractivity contribution in [2.75, 3.05) is 44.8 Å². The summed E-state index contributed by atoms with van der Waals surface area (Å²) in [6.07, 6.45) is 0.413. The molecule has 2 heterocycles. The van der Waals surface area contributed by atoms with Gasteiger partial charge >= 0.3 is 5.97 Å². The molecule has 3 rings (SSSR count). The zero-order chi connectivity index (χ0) is 19.1. The van der Waals surface area contributed by atoms with Gasteiger partial charge in [-0.15, -0.1) is 11.3 Å². The number of ether oxygens (including phenoxy) is 2. The normalized spacial score (nSPS) is 14.7. The van der Waals surface area contributed by atoms with Crippen molar-refractivity contribution in [1.29, 1.82) is 0 Å². The fourth-order valence-corrected chi connectivity index (χ4v) is 4.05.